The second-order valence-electron chi connectivity index (χ2n) is 6.64. The molecule has 1 heterocycles. The summed E-state index contributed by atoms with van der Waals surface area (Å²) in [7, 11) is 3.22. The number of hydrogen-bond acceptors (Lipinski definition) is 4. The zero-order valence-corrected chi connectivity index (χ0v) is 16.4. The number of rotatable bonds is 9. The third-order valence-corrected chi connectivity index (χ3v) is 4.70. The Balaban J connectivity index is 1.79. The van der Waals surface area contributed by atoms with E-state index in [4.69, 9.17) is 9.47 Å². The molecule has 3 aromatic rings. The summed E-state index contributed by atoms with van der Waals surface area (Å²) in [6.07, 6.45) is 4.48. The van der Waals surface area contributed by atoms with Gasteiger partial charge in [-0.3, -0.25) is 9.89 Å². The van der Waals surface area contributed by atoms with Crippen molar-refractivity contribution in [3.05, 3.63) is 66.2 Å². The first-order chi connectivity index (χ1) is 14.1. The topological polar surface area (TPSA) is 76.2 Å². The van der Waals surface area contributed by atoms with Crippen LogP contribution in [0.3, 0.4) is 0 Å². The molecule has 29 heavy (non-hydrogen) atoms. The molecular weight excluding hydrogens is 373 g/mol. The Morgan fingerprint density at radius 3 is 2.79 bits per heavy atom. The first-order valence-corrected chi connectivity index (χ1v) is 9.35. The third kappa shape index (κ3) is 5.20. The minimum atomic E-state index is -0.429. The van der Waals surface area contributed by atoms with Crippen molar-refractivity contribution in [1.82, 2.24) is 10.2 Å². The van der Waals surface area contributed by atoms with Crippen LogP contribution in [0.2, 0.25) is 0 Å². The molecule has 1 atom stereocenters. The molecule has 0 aliphatic heterocycles. The monoisotopic (exact) mass is 397 g/mol. The molecular formula is C22H24FN3O3. The van der Waals surface area contributed by atoms with Gasteiger partial charge in [-0.1, -0.05) is 12.1 Å². The Bertz CT molecular complexity index is 944. The van der Waals surface area contributed by atoms with Crippen molar-refractivity contribution in [3.63, 3.8) is 0 Å². The lowest BCUT2D eigenvalue weighted by molar-refractivity contribution is -0.117. The second-order valence-corrected chi connectivity index (χ2v) is 6.64. The van der Waals surface area contributed by atoms with Crippen LogP contribution in [0.5, 0.6) is 5.75 Å². The Morgan fingerprint density at radius 2 is 2.10 bits per heavy atom. The first kappa shape index (κ1) is 20.5. The van der Waals surface area contributed by atoms with E-state index < -0.39 is 11.7 Å². The standard InChI is InChI=1S/C22H24FN3O3/c1-28-10-4-7-20(15-5-3-6-18(11-15)29-2)22(27)26-17-8-9-19(21(23)12-17)16-13-24-25-14-16/h3,5-6,8-9,11-14,20H,4,7,10H2,1-2H3,(H,24,25)(H,26,27). The summed E-state index contributed by atoms with van der Waals surface area (Å²) in [5.74, 6) is -0.356. The van der Waals surface area contributed by atoms with Gasteiger partial charge in [0.25, 0.3) is 0 Å². The maximum absolute atomic E-state index is 14.5. The van der Waals surface area contributed by atoms with Crippen molar-refractivity contribution in [2.75, 3.05) is 26.1 Å². The predicted molar refractivity (Wildman–Crippen MR) is 109 cm³/mol. The van der Waals surface area contributed by atoms with E-state index in [2.05, 4.69) is 15.5 Å². The number of nitrogens with zero attached hydrogens (tertiary/aromatic N) is 1. The summed E-state index contributed by atoms with van der Waals surface area (Å²) in [5.41, 5.74) is 2.31. The van der Waals surface area contributed by atoms with Crippen LogP contribution in [0.15, 0.2) is 54.9 Å². The second kappa shape index (κ2) is 9.84. The van der Waals surface area contributed by atoms with Gasteiger partial charge in [0.1, 0.15) is 11.6 Å². The van der Waals surface area contributed by atoms with Crippen molar-refractivity contribution < 1.29 is 18.7 Å². The summed E-state index contributed by atoms with van der Waals surface area (Å²) in [6.45, 7) is 0.557. The van der Waals surface area contributed by atoms with Crippen molar-refractivity contribution in [1.29, 1.82) is 0 Å². The van der Waals surface area contributed by atoms with Crippen LogP contribution < -0.4 is 10.1 Å². The van der Waals surface area contributed by atoms with Crippen molar-refractivity contribution in [3.8, 4) is 16.9 Å². The third-order valence-electron chi connectivity index (χ3n) is 4.70. The minimum absolute atomic E-state index is 0.204. The van der Waals surface area contributed by atoms with E-state index in [9.17, 15) is 9.18 Å². The summed E-state index contributed by atoms with van der Waals surface area (Å²) in [4.78, 5) is 13.0. The Hall–Kier alpha value is -3.19. The van der Waals surface area contributed by atoms with Gasteiger partial charge in [0.2, 0.25) is 5.91 Å². The van der Waals surface area contributed by atoms with Crippen molar-refractivity contribution in [2.24, 2.45) is 0 Å². The SMILES string of the molecule is COCCCC(C(=O)Nc1ccc(-c2cn[nH]c2)c(F)c1)c1cccc(OC)c1. The number of carbonyl (C=O) groups is 1. The largest absolute Gasteiger partial charge is 0.497 e. The lowest BCUT2D eigenvalue weighted by atomic mass is 9.93. The van der Waals surface area contributed by atoms with Crippen LogP contribution >= 0.6 is 0 Å². The number of ether oxygens (including phenoxy) is 2. The van der Waals surface area contributed by atoms with Gasteiger partial charge in [-0.15, -0.1) is 0 Å². The molecule has 1 aromatic heterocycles. The van der Waals surface area contributed by atoms with E-state index in [0.717, 1.165) is 12.0 Å². The fraction of sp³-hybridized carbons (Fsp3) is 0.273. The maximum atomic E-state index is 14.5. The average Bonchev–Trinajstić information content (AvgIpc) is 3.26. The van der Waals surface area contributed by atoms with Gasteiger partial charge < -0.3 is 14.8 Å². The van der Waals surface area contributed by atoms with Gasteiger partial charge in [-0.2, -0.15) is 5.10 Å². The zero-order valence-electron chi connectivity index (χ0n) is 16.4. The number of aromatic nitrogens is 2. The van der Waals surface area contributed by atoms with Crippen molar-refractivity contribution in [2.45, 2.75) is 18.8 Å². The molecule has 0 radical (unpaired) electrons. The van der Waals surface area contributed by atoms with Gasteiger partial charge in [-0.05, 0) is 48.7 Å². The van der Waals surface area contributed by atoms with E-state index in [1.807, 2.05) is 24.3 Å². The number of amides is 1. The Labute approximate surface area is 169 Å². The van der Waals surface area contributed by atoms with Gasteiger partial charge in [-0.25, -0.2) is 4.39 Å². The van der Waals surface area contributed by atoms with Crippen LogP contribution in [0.1, 0.15) is 24.3 Å². The normalized spacial score (nSPS) is 11.8. The molecule has 3 rings (SSSR count). The molecule has 1 unspecified atom stereocenters. The smallest absolute Gasteiger partial charge is 0.231 e. The van der Waals surface area contributed by atoms with E-state index in [-0.39, 0.29) is 5.91 Å². The van der Waals surface area contributed by atoms with Gasteiger partial charge >= 0.3 is 0 Å². The molecule has 0 saturated carbocycles. The summed E-state index contributed by atoms with van der Waals surface area (Å²) in [5, 5.41) is 9.33. The van der Waals surface area contributed by atoms with Crippen LogP contribution in [0, 0.1) is 5.82 Å². The van der Waals surface area contributed by atoms with Crippen LogP contribution in [0.25, 0.3) is 11.1 Å². The van der Waals surface area contributed by atoms with E-state index in [0.29, 0.717) is 35.6 Å². The number of methoxy groups -OCH3 is 2. The molecule has 152 valence electrons. The molecule has 0 bridgehead atoms. The number of benzene rings is 2. The lowest BCUT2D eigenvalue weighted by Crippen LogP contribution is -2.22. The quantitative estimate of drug-likeness (QED) is 0.526. The highest BCUT2D eigenvalue weighted by atomic mass is 19.1. The van der Waals surface area contributed by atoms with E-state index in [1.165, 1.54) is 6.07 Å². The number of halogens is 1. The molecule has 7 heteroatoms. The molecule has 2 N–H and O–H groups in total. The summed E-state index contributed by atoms with van der Waals surface area (Å²) >= 11 is 0. The molecule has 0 aliphatic rings. The Kier molecular flexibility index (Phi) is 6.97. The minimum Gasteiger partial charge on any atom is -0.497 e. The molecule has 2 aromatic carbocycles. The molecule has 1 amide bonds. The molecule has 0 aliphatic carbocycles. The van der Waals surface area contributed by atoms with Crippen molar-refractivity contribution >= 4 is 11.6 Å². The average molecular weight is 397 g/mol. The lowest BCUT2D eigenvalue weighted by Gasteiger charge is -2.18. The van der Waals surface area contributed by atoms with Gasteiger partial charge in [0.15, 0.2) is 0 Å². The maximum Gasteiger partial charge on any atom is 0.231 e. The van der Waals surface area contributed by atoms with Gasteiger partial charge in [0, 0.05) is 36.7 Å². The Morgan fingerprint density at radius 1 is 1.24 bits per heavy atom. The van der Waals surface area contributed by atoms with Crippen LogP contribution in [-0.4, -0.2) is 36.9 Å². The fourth-order valence-corrected chi connectivity index (χ4v) is 3.19. The first-order valence-electron chi connectivity index (χ1n) is 9.35. The highest BCUT2D eigenvalue weighted by Crippen LogP contribution is 2.28. The number of carbonyl (C=O) groups excluding carboxylic acids is 1. The number of H-pyrrole nitrogens is 1. The number of aromatic amines is 1. The molecule has 0 spiro atoms. The molecule has 0 fully saturated rings. The predicted octanol–water partition coefficient (Wildman–Crippen LogP) is 4.37. The number of nitrogens with one attached hydrogen (secondary N) is 2. The number of anilines is 1. The number of hydrogen-bond donors (Lipinski definition) is 2. The highest BCUT2D eigenvalue weighted by Gasteiger charge is 2.21. The van der Waals surface area contributed by atoms with E-state index in [1.54, 1.807) is 38.7 Å². The summed E-state index contributed by atoms with van der Waals surface area (Å²) in [6, 6.07) is 12.0. The van der Waals surface area contributed by atoms with Crippen LogP contribution in [0.4, 0.5) is 10.1 Å². The van der Waals surface area contributed by atoms with Gasteiger partial charge in [0.05, 0.1) is 19.2 Å². The summed E-state index contributed by atoms with van der Waals surface area (Å²) < 4.78 is 24.9. The van der Waals surface area contributed by atoms with E-state index >= 15 is 0 Å². The fourth-order valence-electron chi connectivity index (χ4n) is 3.19. The highest BCUT2D eigenvalue weighted by molar-refractivity contribution is 5.96. The molecule has 6 nitrogen and oxygen atoms in total. The van der Waals surface area contributed by atoms with Crippen LogP contribution in [-0.2, 0) is 9.53 Å². The zero-order chi connectivity index (χ0) is 20.6. The molecule has 0 saturated heterocycles.